The second kappa shape index (κ2) is 6.54. The zero-order valence-electron chi connectivity index (χ0n) is 11.3. The van der Waals surface area contributed by atoms with E-state index >= 15 is 0 Å². The third-order valence-electron chi connectivity index (χ3n) is 3.48. The molecule has 0 bridgehead atoms. The quantitative estimate of drug-likeness (QED) is 0.781. The zero-order chi connectivity index (χ0) is 13.7. The molecule has 2 rings (SSSR count). The van der Waals surface area contributed by atoms with E-state index in [1.54, 1.807) is 0 Å². The fourth-order valence-corrected chi connectivity index (χ4v) is 2.16. The van der Waals surface area contributed by atoms with Crippen LogP contribution in [0, 0.1) is 0 Å². The number of hydrogen-bond donors (Lipinski definition) is 2. The van der Waals surface area contributed by atoms with Crippen LogP contribution < -0.4 is 11.1 Å². The van der Waals surface area contributed by atoms with E-state index in [1.807, 2.05) is 31.2 Å². The van der Waals surface area contributed by atoms with Crippen LogP contribution in [0.2, 0.25) is 0 Å². The molecule has 0 spiro atoms. The van der Waals surface area contributed by atoms with Crippen LogP contribution >= 0.6 is 0 Å². The Kier molecular flexibility index (Phi) is 4.76. The molecule has 0 saturated carbocycles. The largest absolute Gasteiger partial charge is 0.398 e. The standard InChI is InChI=1S/C14H21N3O2/c1-11(17-6-8-19-9-7-17)14(18)16-10-12-4-2-3-5-13(12)15/h2-5,11H,6-10,15H2,1H3,(H,16,18). The van der Waals surface area contributed by atoms with Gasteiger partial charge in [0.15, 0.2) is 0 Å². The molecule has 0 aliphatic carbocycles. The van der Waals surface area contributed by atoms with Crippen LogP contribution in [0.3, 0.4) is 0 Å². The van der Waals surface area contributed by atoms with Crippen LogP contribution in [0.25, 0.3) is 0 Å². The highest BCUT2D eigenvalue weighted by atomic mass is 16.5. The van der Waals surface area contributed by atoms with Gasteiger partial charge in [0.1, 0.15) is 0 Å². The van der Waals surface area contributed by atoms with E-state index in [0.717, 1.165) is 18.7 Å². The summed E-state index contributed by atoms with van der Waals surface area (Å²) in [6.07, 6.45) is 0. The molecule has 1 aromatic carbocycles. The Morgan fingerprint density at radius 3 is 2.79 bits per heavy atom. The Bertz CT molecular complexity index is 430. The minimum absolute atomic E-state index is 0.0325. The molecule has 1 saturated heterocycles. The molecule has 1 unspecified atom stereocenters. The third kappa shape index (κ3) is 3.68. The SMILES string of the molecule is CC(C(=O)NCc1ccccc1N)N1CCOCC1. The topological polar surface area (TPSA) is 67.6 Å². The Morgan fingerprint density at radius 1 is 1.42 bits per heavy atom. The number of amides is 1. The monoisotopic (exact) mass is 263 g/mol. The Labute approximate surface area is 113 Å². The van der Waals surface area contributed by atoms with E-state index in [0.29, 0.717) is 25.4 Å². The van der Waals surface area contributed by atoms with Crippen molar-refractivity contribution < 1.29 is 9.53 Å². The first-order valence-corrected chi connectivity index (χ1v) is 6.61. The van der Waals surface area contributed by atoms with E-state index in [1.165, 1.54) is 0 Å². The Morgan fingerprint density at radius 2 is 2.11 bits per heavy atom. The van der Waals surface area contributed by atoms with Gasteiger partial charge in [-0.15, -0.1) is 0 Å². The van der Waals surface area contributed by atoms with Crippen molar-refractivity contribution in [2.24, 2.45) is 0 Å². The van der Waals surface area contributed by atoms with E-state index in [2.05, 4.69) is 10.2 Å². The molecule has 0 aromatic heterocycles. The summed E-state index contributed by atoms with van der Waals surface area (Å²) in [5.74, 6) is 0.0325. The molecule has 1 amide bonds. The normalized spacial score (nSPS) is 17.9. The number of nitrogens with one attached hydrogen (secondary N) is 1. The Balaban J connectivity index is 1.85. The van der Waals surface area contributed by atoms with Gasteiger partial charge in [-0.3, -0.25) is 9.69 Å². The second-order valence-electron chi connectivity index (χ2n) is 4.74. The number of hydrogen-bond acceptors (Lipinski definition) is 4. The van der Waals surface area contributed by atoms with Gasteiger partial charge in [0, 0.05) is 25.3 Å². The molecule has 5 nitrogen and oxygen atoms in total. The van der Waals surface area contributed by atoms with Crippen LogP contribution in [0.5, 0.6) is 0 Å². The number of morpholine rings is 1. The summed E-state index contributed by atoms with van der Waals surface area (Å²) >= 11 is 0. The molecule has 19 heavy (non-hydrogen) atoms. The highest BCUT2D eigenvalue weighted by Crippen LogP contribution is 2.10. The van der Waals surface area contributed by atoms with Gasteiger partial charge in [-0.05, 0) is 18.6 Å². The van der Waals surface area contributed by atoms with Crippen LogP contribution in [-0.4, -0.2) is 43.2 Å². The average molecular weight is 263 g/mol. The lowest BCUT2D eigenvalue weighted by molar-refractivity contribution is -0.127. The third-order valence-corrected chi connectivity index (χ3v) is 3.48. The molecular weight excluding hydrogens is 242 g/mol. The molecule has 1 atom stereocenters. The molecule has 3 N–H and O–H groups in total. The smallest absolute Gasteiger partial charge is 0.237 e. The van der Waals surface area contributed by atoms with Crippen LogP contribution in [0.4, 0.5) is 5.69 Å². The second-order valence-corrected chi connectivity index (χ2v) is 4.74. The number of nitrogens with two attached hydrogens (primary N) is 1. The molecule has 104 valence electrons. The maximum absolute atomic E-state index is 12.1. The maximum Gasteiger partial charge on any atom is 0.237 e. The summed E-state index contributed by atoms with van der Waals surface area (Å²) in [7, 11) is 0. The maximum atomic E-state index is 12.1. The minimum atomic E-state index is -0.131. The molecule has 1 aliphatic heterocycles. The molecule has 1 aromatic rings. The van der Waals surface area contributed by atoms with E-state index in [4.69, 9.17) is 10.5 Å². The van der Waals surface area contributed by atoms with Crippen molar-refractivity contribution in [3.63, 3.8) is 0 Å². The van der Waals surface area contributed by atoms with Gasteiger partial charge in [-0.2, -0.15) is 0 Å². The van der Waals surface area contributed by atoms with E-state index in [-0.39, 0.29) is 11.9 Å². The molecular formula is C14H21N3O2. The molecule has 1 heterocycles. The summed E-state index contributed by atoms with van der Waals surface area (Å²) in [6, 6.07) is 7.44. The number of ether oxygens (including phenoxy) is 1. The van der Waals surface area contributed by atoms with Gasteiger partial charge in [-0.25, -0.2) is 0 Å². The van der Waals surface area contributed by atoms with Gasteiger partial charge >= 0.3 is 0 Å². The minimum Gasteiger partial charge on any atom is -0.398 e. The summed E-state index contributed by atoms with van der Waals surface area (Å²) in [4.78, 5) is 14.2. The zero-order valence-corrected chi connectivity index (χ0v) is 11.3. The lowest BCUT2D eigenvalue weighted by Crippen LogP contribution is -2.49. The number of nitrogen functional groups attached to an aromatic ring is 1. The number of para-hydroxylation sites is 1. The van der Waals surface area contributed by atoms with Crippen molar-refractivity contribution in [1.29, 1.82) is 0 Å². The number of nitrogens with zero attached hydrogens (tertiary/aromatic N) is 1. The van der Waals surface area contributed by atoms with Crippen molar-refractivity contribution >= 4 is 11.6 Å². The van der Waals surface area contributed by atoms with Crippen molar-refractivity contribution in [2.75, 3.05) is 32.0 Å². The predicted octanol–water partition coefficient (Wildman–Crippen LogP) is 0.606. The highest BCUT2D eigenvalue weighted by Gasteiger charge is 2.22. The van der Waals surface area contributed by atoms with Crippen molar-refractivity contribution in [2.45, 2.75) is 19.5 Å². The van der Waals surface area contributed by atoms with Crippen LogP contribution in [0.15, 0.2) is 24.3 Å². The van der Waals surface area contributed by atoms with Gasteiger partial charge < -0.3 is 15.8 Å². The first-order chi connectivity index (χ1) is 9.18. The van der Waals surface area contributed by atoms with Gasteiger partial charge in [0.05, 0.1) is 19.3 Å². The first kappa shape index (κ1) is 13.8. The van der Waals surface area contributed by atoms with Crippen LogP contribution in [-0.2, 0) is 16.1 Å². The fourth-order valence-electron chi connectivity index (χ4n) is 2.16. The summed E-state index contributed by atoms with van der Waals surface area (Å²) < 4.78 is 5.28. The van der Waals surface area contributed by atoms with Crippen molar-refractivity contribution in [3.8, 4) is 0 Å². The fraction of sp³-hybridized carbons (Fsp3) is 0.500. The number of benzene rings is 1. The van der Waals surface area contributed by atoms with E-state index < -0.39 is 0 Å². The molecule has 5 heteroatoms. The summed E-state index contributed by atoms with van der Waals surface area (Å²) in [6.45, 7) is 5.41. The lowest BCUT2D eigenvalue weighted by atomic mass is 10.1. The number of carbonyl (C=O) groups excluding carboxylic acids is 1. The van der Waals surface area contributed by atoms with Crippen molar-refractivity contribution in [1.82, 2.24) is 10.2 Å². The summed E-state index contributed by atoms with van der Waals surface area (Å²) in [5, 5.41) is 2.94. The highest BCUT2D eigenvalue weighted by molar-refractivity contribution is 5.81. The predicted molar refractivity (Wildman–Crippen MR) is 74.6 cm³/mol. The van der Waals surface area contributed by atoms with Gasteiger partial charge in [-0.1, -0.05) is 18.2 Å². The van der Waals surface area contributed by atoms with E-state index in [9.17, 15) is 4.79 Å². The molecule has 0 radical (unpaired) electrons. The Hall–Kier alpha value is -1.59. The van der Waals surface area contributed by atoms with Gasteiger partial charge in [0.25, 0.3) is 0 Å². The van der Waals surface area contributed by atoms with Crippen LogP contribution in [0.1, 0.15) is 12.5 Å². The summed E-state index contributed by atoms with van der Waals surface area (Å²) in [5.41, 5.74) is 7.51. The van der Waals surface area contributed by atoms with Gasteiger partial charge in [0.2, 0.25) is 5.91 Å². The number of carbonyl (C=O) groups is 1. The first-order valence-electron chi connectivity index (χ1n) is 6.61. The number of rotatable bonds is 4. The lowest BCUT2D eigenvalue weighted by Gasteiger charge is -2.31. The average Bonchev–Trinajstić information content (AvgIpc) is 2.46. The molecule has 1 aliphatic rings. The molecule has 1 fully saturated rings. The number of anilines is 1. The van der Waals surface area contributed by atoms with Crippen molar-refractivity contribution in [3.05, 3.63) is 29.8 Å².